The summed E-state index contributed by atoms with van der Waals surface area (Å²) in [6.07, 6.45) is 1.46. The molecule has 0 bridgehead atoms. The van der Waals surface area contributed by atoms with Gasteiger partial charge in [0.15, 0.2) is 0 Å². The minimum absolute atomic E-state index is 0.750. The van der Waals surface area contributed by atoms with Crippen LogP contribution in [0, 0.1) is 5.41 Å². The zero-order valence-electron chi connectivity index (χ0n) is 6.22. The van der Waals surface area contributed by atoms with Crippen LogP contribution < -0.4 is 5.48 Å². The van der Waals surface area contributed by atoms with Crippen LogP contribution in [0.2, 0.25) is 0 Å². The SMILES string of the molecule is CC1(C)CC1.O=C(O)NO. The number of carbonyl (C=O) groups is 1. The Morgan fingerprint density at radius 1 is 1.50 bits per heavy atom. The molecule has 0 heterocycles. The molecule has 0 atom stereocenters. The summed E-state index contributed by atoms with van der Waals surface area (Å²) >= 11 is 0. The van der Waals surface area contributed by atoms with Gasteiger partial charge in [0, 0.05) is 0 Å². The van der Waals surface area contributed by atoms with Crippen LogP contribution in [0.15, 0.2) is 0 Å². The van der Waals surface area contributed by atoms with E-state index in [0.717, 1.165) is 10.9 Å². The first-order valence-electron chi connectivity index (χ1n) is 3.11. The summed E-state index contributed by atoms with van der Waals surface area (Å²) in [5.74, 6) is 0. The summed E-state index contributed by atoms with van der Waals surface area (Å²) in [5, 5.41) is 14.7. The van der Waals surface area contributed by atoms with E-state index in [2.05, 4.69) is 13.8 Å². The summed E-state index contributed by atoms with van der Waals surface area (Å²) in [6.45, 7) is 4.60. The maximum atomic E-state index is 9.01. The number of rotatable bonds is 0. The summed E-state index contributed by atoms with van der Waals surface area (Å²) in [4.78, 5) is 9.01. The van der Waals surface area contributed by atoms with Crippen molar-refractivity contribution in [2.24, 2.45) is 5.41 Å². The molecule has 0 saturated heterocycles. The van der Waals surface area contributed by atoms with E-state index in [1.807, 2.05) is 0 Å². The molecular weight excluding hydrogens is 134 g/mol. The first-order chi connectivity index (χ1) is 4.48. The van der Waals surface area contributed by atoms with E-state index in [1.165, 1.54) is 12.8 Å². The van der Waals surface area contributed by atoms with Gasteiger partial charge in [0.2, 0.25) is 0 Å². The highest BCUT2D eigenvalue weighted by Crippen LogP contribution is 2.43. The van der Waals surface area contributed by atoms with Gasteiger partial charge >= 0.3 is 6.09 Å². The van der Waals surface area contributed by atoms with Crippen LogP contribution in [-0.4, -0.2) is 16.4 Å². The minimum atomic E-state index is -1.44. The van der Waals surface area contributed by atoms with Gasteiger partial charge in [-0.3, -0.25) is 5.21 Å². The molecule has 0 aromatic rings. The Hall–Kier alpha value is -0.770. The van der Waals surface area contributed by atoms with Crippen molar-refractivity contribution in [3.63, 3.8) is 0 Å². The molecule has 0 spiro atoms. The van der Waals surface area contributed by atoms with Crippen molar-refractivity contribution in [1.82, 2.24) is 5.48 Å². The lowest BCUT2D eigenvalue weighted by molar-refractivity contribution is 0.122. The highest BCUT2D eigenvalue weighted by Gasteiger charge is 2.30. The minimum Gasteiger partial charge on any atom is -0.464 e. The van der Waals surface area contributed by atoms with E-state index in [0.29, 0.717) is 0 Å². The van der Waals surface area contributed by atoms with E-state index in [1.54, 1.807) is 0 Å². The highest BCUT2D eigenvalue weighted by molar-refractivity contribution is 5.62. The summed E-state index contributed by atoms with van der Waals surface area (Å²) in [5.41, 5.74) is 1.69. The Balaban J connectivity index is 0.000000162. The zero-order chi connectivity index (χ0) is 8.20. The molecule has 0 unspecified atom stereocenters. The molecule has 1 saturated carbocycles. The van der Waals surface area contributed by atoms with Crippen LogP contribution in [0.1, 0.15) is 26.7 Å². The molecular formula is C6H13NO3. The van der Waals surface area contributed by atoms with Crippen molar-refractivity contribution in [3.05, 3.63) is 0 Å². The molecule has 4 nitrogen and oxygen atoms in total. The highest BCUT2D eigenvalue weighted by atomic mass is 16.5. The first kappa shape index (κ1) is 9.23. The van der Waals surface area contributed by atoms with Gasteiger partial charge in [-0.1, -0.05) is 13.8 Å². The first-order valence-corrected chi connectivity index (χ1v) is 3.11. The number of carboxylic acid groups (broad SMARTS) is 1. The smallest absolute Gasteiger partial charge is 0.428 e. The third-order valence-electron chi connectivity index (χ3n) is 1.35. The van der Waals surface area contributed by atoms with E-state index < -0.39 is 6.09 Å². The van der Waals surface area contributed by atoms with Gasteiger partial charge < -0.3 is 5.11 Å². The maximum absolute atomic E-state index is 9.01. The molecule has 0 aromatic carbocycles. The van der Waals surface area contributed by atoms with Crippen molar-refractivity contribution in [3.8, 4) is 0 Å². The lowest BCUT2D eigenvalue weighted by Crippen LogP contribution is -2.14. The number of hydrogen-bond acceptors (Lipinski definition) is 2. The van der Waals surface area contributed by atoms with Gasteiger partial charge in [-0.25, -0.2) is 10.3 Å². The molecule has 60 valence electrons. The average molecular weight is 147 g/mol. The Labute approximate surface area is 59.8 Å². The molecule has 0 radical (unpaired) electrons. The molecule has 3 N–H and O–H groups in total. The Morgan fingerprint density at radius 3 is 1.70 bits per heavy atom. The van der Waals surface area contributed by atoms with Crippen molar-refractivity contribution < 1.29 is 15.1 Å². The van der Waals surface area contributed by atoms with Crippen LogP contribution in [0.5, 0.6) is 0 Å². The molecule has 0 aromatic heterocycles. The Bertz CT molecular complexity index is 116. The molecule has 1 rings (SSSR count). The van der Waals surface area contributed by atoms with E-state index in [-0.39, 0.29) is 0 Å². The van der Waals surface area contributed by atoms with Crippen molar-refractivity contribution in [1.29, 1.82) is 0 Å². The fourth-order valence-electron chi connectivity index (χ4n) is 0.250. The summed E-state index contributed by atoms with van der Waals surface area (Å²) in [6, 6.07) is 0. The molecule has 1 fully saturated rings. The number of nitrogens with one attached hydrogen (secondary N) is 1. The molecule has 1 amide bonds. The number of hydroxylamine groups is 1. The predicted molar refractivity (Wildman–Crippen MR) is 36.0 cm³/mol. The summed E-state index contributed by atoms with van der Waals surface area (Å²) in [7, 11) is 0. The van der Waals surface area contributed by atoms with Crippen LogP contribution in [0.3, 0.4) is 0 Å². The second kappa shape index (κ2) is 3.41. The lowest BCUT2D eigenvalue weighted by Gasteiger charge is -1.86. The fraction of sp³-hybridized carbons (Fsp3) is 0.833. The largest absolute Gasteiger partial charge is 0.464 e. The predicted octanol–water partition coefficient (Wildman–Crippen LogP) is 1.45. The molecule has 1 aliphatic carbocycles. The quantitative estimate of drug-likeness (QED) is 0.358. The normalized spacial score (nSPS) is 18.3. The van der Waals surface area contributed by atoms with Gasteiger partial charge in [-0.05, 0) is 18.3 Å². The topological polar surface area (TPSA) is 69.6 Å². The summed E-state index contributed by atoms with van der Waals surface area (Å²) < 4.78 is 0. The van der Waals surface area contributed by atoms with Crippen molar-refractivity contribution in [2.75, 3.05) is 0 Å². The van der Waals surface area contributed by atoms with E-state index in [9.17, 15) is 0 Å². The van der Waals surface area contributed by atoms with Gasteiger partial charge in [0.25, 0.3) is 0 Å². The van der Waals surface area contributed by atoms with Crippen LogP contribution in [0.4, 0.5) is 4.79 Å². The maximum Gasteiger partial charge on any atom is 0.428 e. The van der Waals surface area contributed by atoms with Crippen molar-refractivity contribution >= 4 is 6.09 Å². The standard InChI is InChI=1S/C5H10.CH3NO3/c1-5(2)3-4-5;3-1(4)2-5/h3-4H2,1-2H3;2,5H,(H,3,4). The third-order valence-corrected chi connectivity index (χ3v) is 1.35. The van der Waals surface area contributed by atoms with Crippen LogP contribution >= 0.6 is 0 Å². The van der Waals surface area contributed by atoms with Crippen LogP contribution in [-0.2, 0) is 0 Å². The van der Waals surface area contributed by atoms with Gasteiger partial charge in [0.1, 0.15) is 0 Å². The fourth-order valence-corrected chi connectivity index (χ4v) is 0.250. The van der Waals surface area contributed by atoms with E-state index >= 15 is 0 Å². The van der Waals surface area contributed by atoms with Gasteiger partial charge in [-0.15, -0.1) is 0 Å². The Morgan fingerprint density at radius 2 is 1.70 bits per heavy atom. The second-order valence-corrected chi connectivity index (χ2v) is 3.08. The zero-order valence-corrected chi connectivity index (χ0v) is 6.22. The average Bonchev–Trinajstić information content (AvgIpc) is 2.48. The number of hydrogen-bond donors (Lipinski definition) is 3. The van der Waals surface area contributed by atoms with Gasteiger partial charge in [0.05, 0.1) is 0 Å². The Kier molecular flexibility index (Phi) is 3.15. The number of amides is 1. The van der Waals surface area contributed by atoms with Crippen LogP contribution in [0.25, 0.3) is 0 Å². The van der Waals surface area contributed by atoms with E-state index in [4.69, 9.17) is 15.1 Å². The molecule has 4 heteroatoms. The van der Waals surface area contributed by atoms with Gasteiger partial charge in [-0.2, -0.15) is 0 Å². The molecule has 1 aliphatic rings. The van der Waals surface area contributed by atoms with Crippen molar-refractivity contribution in [2.45, 2.75) is 26.7 Å². The molecule has 10 heavy (non-hydrogen) atoms. The lowest BCUT2D eigenvalue weighted by atomic mass is 10.2. The monoisotopic (exact) mass is 147 g/mol. The molecule has 0 aliphatic heterocycles. The second-order valence-electron chi connectivity index (χ2n) is 3.08. The third kappa shape index (κ3) is 7.23.